The molecule has 3 rings (SSSR count). The summed E-state index contributed by atoms with van der Waals surface area (Å²) >= 11 is 0. The predicted octanol–water partition coefficient (Wildman–Crippen LogP) is 3.16. The molecule has 1 saturated carbocycles. The number of nitrogens with zero attached hydrogens (tertiary/aromatic N) is 2. The summed E-state index contributed by atoms with van der Waals surface area (Å²) in [6.45, 7) is 2.86. The number of nitrogens with one attached hydrogen (secondary N) is 1. The fourth-order valence-corrected chi connectivity index (χ4v) is 2.51. The number of hydrogen-bond donors (Lipinski definition) is 2. The van der Waals surface area contributed by atoms with Crippen LogP contribution in [-0.4, -0.2) is 20.9 Å². The van der Waals surface area contributed by atoms with Crippen LogP contribution in [0.15, 0.2) is 36.5 Å². The highest BCUT2D eigenvalue weighted by molar-refractivity contribution is 5.87. The Labute approximate surface area is 123 Å². The van der Waals surface area contributed by atoms with Gasteiger partial charge in [0.1, 0.15) is 5.82 Å². The first-order valence-corrected chi connectivity index (χ1v) is 7.25. The van der Waals surface area contributed by atoms with Crippen LogP contribution < -0.4 is 5.32 Å². The Morgan fingerprint density at radius 3 is 2.71 bits per heavy atom. The molecule has 0 aliphatic heterocycles. The van der Waals surface area contributed by atoms with Gasteiger partial charge in [0.05, 0.1) is 17.8 Å². The molecule has 110 valence electrons. The Hall–Kier alpha value is -2.30. The molecule has 1 aromatic carbocycles. The Morgan fingerprint density at radius 2 is 2.10 bits per heavy atom. The van der Waals surface area contributed by atoms with Crippen LogP contribution in [0.5, 0.6) is 0 Å². The third kappa shape index (κ3) is 3.07. The Kier molecular flexibility index (Phi) is 3.64. The first kappa shape index (κ1) is 13.7. The fraction of sp³-hybridized carbons (Fsp3) is 0.375. The highest BCUT2D eigenvalue weighted by Crippen LogP contribution is 2.40. The van der Waals surface area contributed by atoms with Gasteiger partial charge in [0.2, 0.25) is 0 Å². The zero-order valence-electron chi connectivity index (χ0n) is 12.0. The van der Waals surface area contributed by atoms with Crippen molar-refractivity contribution in [2.45, 2.75) is 32.4 Å². The Balaban J connectivity index is 1.65. The average Bonchev–Trinajstić information content (AvgIpc) is 3.23. The van der Waals surface area contributed by atoms with Crippen LogP contribution in [0.4, 0.5) is 5.82 Å². The average molecular weight is 285 g/mol. The van der Waals surface area contributed by atoms with Crippen LogP contribution in [0.1, 0.15) is 41.7 Å². The van der Waals surface area contributed by atoms with Gasteiger partial charge in [-0.15, -0.1) is 0 Å². The third-order valence-corrected chi connectivity index (χ3v) is 4.03. The van der Waals surface area contributed by atoms with Crippen molar-refractivity contribution in [2.75, 3.05) is 5.32 Å². The molecule has 1 fully saturated rings. The van der Waals surface area contributed by atoms with Gasteiger partial charge in [-0.3, -0.25) is 0 Å². The molecule has 5 nitrogen and oxygen atoms in total. The number of aromatic carboxylic acids is 1. The maximum atomic E-state index is 10.8. The van der Waals surface area contributed by atoms with Gasteiger partial charge in [-0.1, -0.05) is 12.1 Å². The van der Waals surface area contributed by atoms with E-state index >= 15 is 0 Å². The van der Waals surface area contributed by atoms with Crippen molar-refractivity contribution in [3.05, 3.63) is 47.7 Å². The van der Waals surface area contributed by atoms with Crippen LogP contribution in [-0.2, 0) is 6.54 Å². The number of carboxylic acids is 1. The molecule has 21 heavy (non-hydrogen) atoms. The smallest absolute Gasteiger partial charge is 0.335 e. The largest absolute Gasteiger partial charge is 0.478 e. The Bertz CT molecular complexity index is 629. The van der Waals surface area contributed by atoms with Crippen molar-refractivity contribution < 1.29 is 9.90 Å². The van der Waals surface area contributed by atoms with E-state index in [1.165, 1.54) is 12.8 Å². The highest BCUT2D eigenvalue weighted by atomic mass is 16.4. The van der Waals surface area contributed by atoms with Gasteiger partial charge in [-0.05, 0) is 43.4 Å². The van der Waals surface area contributed by atoms with E-state index in [4.69, 9.17) is 5.11 Å². The van der Waals surface area contributed by atoms with E-state index < -0.39 is 5.97 Å². The lowest BCUT2D eigenvalue weighted by Gasteiger charge is -2.16. The second-order valence-corrected chi connectivity index (χ2v) is 5.59. The van der Waals surface area contributed by atoms with Crippen molar-refractivity contribution in [3.8, 4) is 0 Å². The highest BCUT2D eigenvalue weighted by Gasteiger charge is 2.30. The van der Waals surface area contributed by atoms with E-state index in [-0.39, 0.29) is 0 Å². The van der Waals surface area contributed by atoms with Crippen LogP contribution in [0.25, 0.3) is 0 Å². The molecule has 0 radical (unpaired) electrons. The maximum Gasteiger partial charge on any atom is 0.335 e. The van der Waals surface area contributed by atoms with Gasteiger partial charge >= 0.3 is 5.97 Å². The van der Waals surface area contributed by atoms with E-state index in [1.54, 1.807) is 12.1 Å². The molecule has 2 aromatic rings. The SMILES string of the molecule is CC(C1CC1)n1nccc1NCc1ccc(C(=O)O)cc1. The number of carboxylic acid groups (broad SMARTS) is 1. The normalized spacial score (nSPS) is 15.7. The lowest BCUT2D eigenvalue weighted by atomic mass is 10.1. The standard InChI is InChI=1S/C16H19N3O2/c1-11(13-6-7-13)19-15(8-9-18-19)17-10-12-2-4-14(5-3-12)16(20)21/h2-5,8-9,11,13,17H,6-7,10H2,1H3,(H,20,21). The lowest BCUT2D eigenvalue weighted by Crippen LogP contribution is -2.13. The minimum absolute atomic E-state index is 0.311. The summed E-state index contributed by atoms with van der Waals surface area (Å²) in [6.07, 6.45) is 4.39. The predicted molar refractivity (Wildman–Crippen MR) is 80.4 cm³/mol. The van der Waals surface area contributed by atoms with Gasteiger partial charge in [0.15, 0.2) is 0 Å². The molecule has 1 atom stereocenters. The van der Waals surface area contributed by atoms with Gasteiger partial charge in [0.25, 0.3) is 0 Å². The second kappa shape index (κ2) is 5.60. The number of hydrogen-bond acceptors (Lipinski definition) is 3. The van der Waals surface area contributed by atoms with Crippen molar-refractivity contribution >= 4 is 11.8 Å². The van der Waals surface area contributed by atoms with Crippen LogP contribution in [0.2, 0.25) is 0 Å². The topological polar surface area (TPSA) is 67.2 Å². The zero-order valence-corrected chi connectivity index (χ0v) is 12.0. The molecular weight excluding hydrogens is 266 g/mol. The molecule has 0 bridgehead atoms. The molecule has 1 heterocycles. The molecule has 1 aliphatic rings. The molecule has 1 aliphatic carbocycles. The molecule has 1 unspecified atom stereocenters. The number of carbonyl (C=O) groups is 1. The minimum Gasteiger partial charge on any atom is -0.478 e. The Morgan fingerprint density at radius 1 is 1.38 bits per heavy atom. The van der Waals surface area contributed by atoms with Gasteiger partial charge in [-0.2, -0.15) is 5.10 Å². The maximum absolute atomic E-state index is 10.8. The molecule has 0 saturated heterocycles. The fourth-order valence-electron chi connectivity index (χ4n) is 2.51. The van der Waals surface area contributed by atoms with Crippen molar-refractivity contribution in [1.29, 1.82) is 0 Å². The summed E-state index contributed by atoms with van der Waals surface area (Å²) < 4.78 is 2.04. The zero-order chi connectivity index (χ0) is 14.8. The number of anilines is 1. The summed E-state index contributed by atoms with van der Waals surface area (Å²) in [6, 6.07) is 9.33. The molecular formula is C16H19N3O2. The first-order valence-electron chi connectivity index (χ1n) is 7.25. The molecule has 0 spiro atoms. The summed E-state index contributed by atoms with van der Waals surface area (Å²) in [5, 5.41) is 16.7. The monoisotopic (exact) mass is 285 g/mol. The first-order chi connectivity index (χ1) is 10.1. The molecule has 5 heteroatoms. The number of rotatable bonds is 6. The van der Waals surface area contributed by atoms with Crippen molar-refractivity contribution in [2.24, 2.45) is 5.92 Å². The second-order valence-electron chi connectivity index (χ2n) is 5.59. The lowest BCUT2D eigenvalue weighted by molar-refractivity contribution is 0.0697. The van der Waals surface area contributed by atoms with Crippen molar-refractivity contribution in [3.63, 3.8) is 0 Å². The quantitative estimate of drug-likeness (QED) is 0.855. The van der Waals surface area contributed by atoms with Gasteiger partial charge in [-0.25, -0.2) is 9.48 Å². The molecule has 2 N–H and O–H groups in total. The van der Waals surface area contributed by atoms with E-state index in [9.17, 15) is 4.79 Å². The van der Waals surface area contributed by atoms with E-state index in [0.717, 1.165) is 17.3 Å². The van der Waals surface area contributed by atoms with Crippen LogP contribution >= 0.6 is 0 Å². The summed E-state index contributed by atoms with van der Waals surface area (Å²) in [7, 11) is 0. The number of aromatic nitrogens is 2. The van der Waals surface area contributed by atoms with E-state index in [0.29, 0.717) is 18.2 Å². The minimum atomic E-state index is -0.897. The van der Waals surface area contributed by atoms with Crippen molar-refractivity contribution in [1.82, 2.24) is 9.78 Å². The van der Waals surface area contributed by atoms with E-state index in [1.807, 2.05) is 29.1 Å². The van der Waals surface area contributed by atoms with E-state index in [2.05, 4.69) is 17.3 Å². The third-order valence-electron chi connectivity index (χ3n) is 4.03. The van der Waals surface area contributed by atoms with Gasteiger partial charge < -0.3 is 10.4 Å². The molecule has 0 amide bonds. The van der Waals surface area contributed by atoms with Crippen LogP contribution in [0, 0.1) is 5.92 Å². The summed E-state index contributed by atoms with van der Waals surface area (Å²) in [5.74, 6) is 0.864. The summed E-state index contributed by atoms with van der Waals surface area (Å²) in [5.41, 5.74) is 1.36. The van der Waals surface area contributed by atoms with Crippen LogP contribution in [0.3, 0.4) is 0 Å². The van der Waals surface area contributed by atoms with Gasteiger partial charge in [0, 0.05) is 12.6 Å². The molecule has 1 aromatic heterocycles. The number of benzene rings is 1. The summed E-state index contributed by atoms with van der Waals surface area (Å²) in [4.78, 5) is 10.8.